The molecule has 0 aliphatic carbocycles. The summed E-state index contributed by atoms with van der Waals surface area (Å²) in [6.07, 6.45) is -0.453. The maximum Gasteiger partial charge on any atom is 0.397 e. The van der Waals surface area contributed by atoms with Crippen molar-refractivity contribution in [2.24, 2.45) is 0 Å². The molecule has 3 aromatic rings. The third-order valence-corrected chi connectivity index (χ3v) is 7.93. The molecule has 9 heteroatoms. The quantitative estimate of drug-likeness (QED) is 0.186. The van der Waals surface area contributed by atoms with Gasteiger partial charge in [0, 0.05) is 57.8 Å². The number of halogens is 3. The van der Waals surface area contributed by atoms with Gasteiger partial charge in [-0.25, -0.2) is 0 Å². The smallest absolute Gasteiger partial charge is 0.397 e. The van der Waals surface area contributed by atoms with Crippen molar-refractivity contribution in [2.75, 3.05) is 39.5 Å². The Morgan fingerprint density at radius 1 is 0.881 bits per heavy atom. The molecular weight excluding hydrogens is 543 g/mol. The van der Waals surface area contributed by atoms with E-state index in [0.717, 1.165) is 55.0 Å². The average molecular weight is 584 g/mol. The number of benzene rings is 2. The predicted octanol–water partition coefficient (Wildman–Crippen LogP) is 6.24. The van der Waals surface area contributed by atoms with Crippen molar-refractivity contribution in [3.8, 4) is 11.1 Å². The van der Waals surface area contributed by atoms with Crippen LogP contribution in [0, 0.1) is 0 Å². The zero-order valence-electron chi connectivity index (χ0n) is 24.6. The van der Waals surface area contributed by atoms with Gasteiger partial charge in [-0.1, -0.05) is 48.5 Å². The molecule has 1 aliphatic rings. The lowest BCUT2D eigenvalue weighted by Crippen LogP contribution is -2.53. The number of nitrogens with zero attached hydrogens (tertiary/aromatic N) is 3. The molecule has 0 unspecified atom stereocenters. The Morgan fingerprint density at radius 2 is 1.50 bits per heavy atom. The van der Waals surface area contributed by atoms with E-state index >= 15 is 0 Å². The second kappa shape index (κ2) is 14.3. The van der Waals surface area contributed by atoms with Gasteiger partial charge < -0.3 is 9.47 Å². The number of hydrogen-bond acceptors (Lipinski definition) is 6. The predicted molar refractivity (Wildman–Crippen MR) is 157 cm³/mol. The summed E-state index contributed by atoms with van der Waals surface area (Å²) in [7, 11) is 0. The summed E-state index contributed by atoms with van der Waals surface area (Å²) >= 11 is 0. The molecule has 0 amide bonds. The van der Waals surface area contributed by atoms with Gasteiger partial charge in [-0.15, -0.1) is 0 Å². The zero-order valence-corrected chi connectivity index (χ0v) is 24.6. The topological polar surface area (TPSA) is 54.9 Å². The van der Waals surface area contributed by atoms with Gasteiger partial charge in [-0.3, -0.25) is 19.6 Å². The number of alkyl halides is 3. The fraction of sp³-hybridized carbons (Fsp3) is 0.455. The molecule has 1 atom stereocenters. The lowest BCUT2D eigenvalue weighted by molar-refractivity contribution is -0.180. The van der Waals surface area contributed by atoms with Crippen LogP contribution in [0.15, 0.2) is 73.1 Å². The SMILES string of the molecule is CCOCCOC(=O)C[C@@H]1CN(Cc2ccc(-c3ccc(C(C)(C)C(F)(F)F)cc3)cc2)CCN1Cc1ccncc1. The number of piperazine rings is 1. The molecule has 42 heavy (non-hydrogen) atoms. The van der Waals surface area contributed by atoms with Gasteiger partial charge in [-0.05, 0) is 60.7 Å². The minimum atomic E-state index is -4.32. The number of carbonyl (C=O) groups excluding carboxylic acids is 1. The van der Waals surface area contributed by atoms with E-state index in [4.69, 9.17) is 9.47 Å². The molecule has 1 saturated heterocycles. The molecule has 0 saturated carbocycles. The summed E-state index contributed by atoms with van der Waals surface area (Å²) in [6, 6.07) is 18.7. The van der Waals surface area contributed by atoms with Crippen LogP contribution in [0.4, 0.5) is 13.2 Å². The van der Waals surface area contributed by atoms with E-state index in [1.807, 2.05) is 31.2 Å². The fourth-order valence-corrected chi connectivity index (χ4v) is 5.14. The molecule has 2 heterocycles. The normalized spacial score (nSPS) is 16.9. The van der Waals surface area contributed by atoms with Crippen LogP contribution >= 0.6 is 0 Å². The van der Waals surface area contributed by atoms with E-state index < -0.39 is 11.6 Å². The molecule has 1 aliphatic heterocycles. The average Bonchev–Trinajstić information content (AvgIpc) is 2.97. The first-order valence-corrected chi connectivity index (χ1v) is 14.4. The summed E-state index contributed by atoms with van der Waals surface area (Å²) < 4.78 is 51.0. The Hall–Kier alpha value is -3.27. The van der Waals surface area contributed by atoms with Crippen LogP contribution in [0.2, 0.25) is 0 Å². The Labute approximate surface area is 246 Å². The van der Waals surface area contributed by atoms with Crippen molar-refractivity contribution in [1.82, 2.24) is 14.8 Å². The Kier molecular flexibility index (Phi) is 10.8. The van der Waals surface area contributed by atoms with Crippen LogP contribution in [-0.2, 0) is 32.8 Å². The van der Waals surface area contributed by atoms with Gasteiger partial charge in [0.05, 0.1) is 18.4 Å². The summed E-state index contributed by atoms with van der Waals surface area (Å²) in [6.45, 7) is 9.41. The van der Waals surface area contributed by atoms with Crippen LogP contribution in [-0.4, -0.2) is 72.4 Å². The van der Waals surface area contributed by atoms with Crippen molar-refractivity contribution in [1.29, 1.82) is 0 Å². The maximum atomic E-state index is 13.4. The van der Waals surface area contributed by atoms with E-state index in [1.54, 1.807) is 36.7 Å². The van der Waals surface area contributed by atoms with E-state index in [1.165, 1.54) is 13.8 Å². The highest BCUT2D eigenvalue weighted by Gasteiger charge is 2.48. The third-order valence-electron chi connectivity index (χ3n) is 7.93. The first-order chi connectivity index (χ1) is 20.1. The number of esters is 1. The van der Waals surface area contributed by atoms with Gasteiger partial charge in [0.2, 0.25) is 0 Å². The minimum absolute atomic E-state index is 0.00486. The standard InChI is InChI=1S/C33H40F3N3O3/c1-4-41-19-20-42-31(40)21-30-24-38(17-18-39(30)23-26-13-15-37-16-14-26)22-25-5-7-27(8-6-25)28-9-11-29(12-10-28)32(2,3)33(34,35)36/h5-16,30H,4,17-24H2,1-3H3/t30-/m1/s1. The number of pyridine rings is 1. The molecule has 226 valence electrons. The van der Waals surface area contributed by atoms with Crippen molar-refractivity contribution in [3.05, 3.63) is 89.7 Å². The number of ether oxygens (including phenoxy) is 2. The van der Waals surface area contributed by atoms with Crippen LogP contribution < -0.4 is 0 Å². The summed E-state index contributed by atoms with van der Waals surface area (Å²) in [5.41, 5.74) is 2.44. The molecule has 0 spiro atoms. The number of carbonyl (C=O) groups is 1. The van der Waals surface area contributed by atoms with E-state index in [0.29, 0.717) is 19.6 Å². The molecule has 1 aromatic heterocycles. The molecule has 2 aromatic carbocycles. The highest BCUT2D eigenvalue weighted by Crippen LogP contribution is 2.40. The number of aromatic nitrogens is 1. The van der Waals surface area contributed by atoms with Crippen molar-refractivity contribution < 1.29 is 27.4 Å². The molecule has 6 nitrogen and oxygen atoms in total. The highest BCUT2D eigenvalue weighted by atomic mass is 19.4. The van der Waals surface area contributed by atoms with Gasteiger partial charge in [-0.2, -0.15) is 13.2 Å². The van der Waals surface area contributed by atoms with E-state index in [9.17, 15) is 18.0 Å². The van der Waals surface area contributed by atoms with Gasteiger partial charge in [0.1, 0.15) is 6.61 Å². The second-order valence-electron chi connectivity index (χ2n) is 11.2. The van der Waals surface area contributed by atoms with Crippen LogP contribution in [0.3, 0.4) is 0 Å². The summed E-state index contributed by atoms with van der Waals surface area (Å²) in [5.74, 6) is -0.227. The lowest BCUT2D eigenvalue weighted by Gasteiger charge is -2.41. The van der Waals surface area contributed by atoms with Crippen LogP contribution in [0.1, 0.15) is 43.9 Å². The molecule has 0 radical (unpaired) electrons. The highest BCUT2D eigenvalue weighted by molar-refractivity contribution is 5.70. The van der Waals surface area contributed by atoms with Crippen LogP contribution in [0.5, 0.6) is 0 Å². The van der Waals surface area contributed by atoms with Gasteiger partial charge >= 0.3 is 12.1 Å². The Bertz CT molecular complexity index is 1270. The first kappa shape index (κ1) is 31.7. The van der Waals surface area contributed by atoms with Crippen molar-refractivity contribution in [3.63, 3.8) is 0 Å². The lowest BCUT2D eigenvalue weighted by atomic mass is 9.83. The Morgan fingerprint density at radius 3 is 2.12 bits per heavy atom. The largest absolute Gasteiger partial charge is 0.463 e. The maximum absolute atomic E-state index is 13.4. The minimum Gasteiger partial charge on any atom is -0.463 e. The number of rotatable bonds is 12. The van der Waals surface area contributed by atoms with Gasteiger partial charge in [0.25, 0.3) is 0 Å². The summed E-state index contributed by atoms with van der Waals surface area (Å²) in [5, 5.41) is 0. The Balaban J connectivity index is 1.39. The molecular formula is C33H40F3N3O3. The molecule has 0 bridgehead atoms. The monoisotopic (exact) mass is 583 g/mol. The zero-order chi connectivity index (χ0) is 30.2. The van der Waals surface area contributed by atoms with Crippen molar-refractivity contribution in [2.45, 2.75) is 57.9 Å². The number of hydrogen-bond donors (Lipinski definition) is 0. The molecule has 1 fully saturated rings. The van der Waals surface area contributed by atoms with E-state index in [-0.39, 0.29) is 24.2 Å². The summed E-state index contributed by atoms with van der Waals surface area (Å²) in [4.78, 5) is 21.4. The second-order valence-corrected chi connectivity index (χ2v) is 11.2. The van der Waals surface area contributed by atoms with Crippen LogP contribution in [0.25, 0.3) is 11.1 Å². The molecule has 0 N–H and O–H groups in total. The fourth-order valence-electron chi connectivity index (χ4n) is 5.14. The van der Waals surface area contributed by atoms with Crippen molar-refractivity contribution >= 4 is 5.97 Å². The van der Waals surface area contributed by atoms with Gasteiger partial charge in [0.15, 0.2) is 0 Å². The van der Waals surface area contributed by atoms with E-state index in [2.05, 4.69) is 26.9 Å². The molecule has 4 rings (SSSR count). The third kappa shape index (κ3) is 8.40. The first-order valence-electron chi connectivity index (χ1n) is 14.4.